The Balaban J connectivity index is 1.72. The van der Waals surface area contributed by atoms with Crippen molar-refractivity contribution < 1.29 is 9.31 Å². The number of nitro groups is 1. The number of nitrogens with zero attached hydrogens (tertiary/aromatic N) is 2. The van der Waals surface area contributed by atoms with Crippen molar-refractivity contribution in [3.05, 3.63) is 46.2 Å². The molecule has 1 heterocycles. The summed E-state index contributed by atoms with van der Waals surface area (Å²) >= 11 is 0. The summed E-state index contributed by atoms with van der Waals surface area (Å²) in [5.41, 5.74) is 0.654. The molecule has 0 aliphatic heterocycles. The van der Waals surface area contributed by atoms with Gasteiger partial charge >= 0.3 is 5.69 Å². The van der Waals surface area contributed by atoms with Crippen LogP contribution in [0.5, 0.6) is 0 Å². The molecule has 1 saturated carbocycles. The monoisotopic (exact) mass is 290 g/mol. The number of aromatic amines is 1. The first-order valence-corrected chi connectivity index (χ1v) is 6.82. The van der Waals surface area contributed by atoms with Gasteiger partial charge in [-0.25, -0.2) is 4.98 Å². The van der Waals surface area contributed by atoms with E-state index in [1.54, 1.807) is 6.20 Å². The van der Waals surface area contributed by atoms with Gasteiger partial charge in [-0.1, -0.05) is 0 Å². The summed E-state index contributed by atoms with van der Waals surface area (Å²) in [6.07, 6.45) is 4.18. The van der Waals surface area contributed by atoms with E-state index in [1.807, 2.05) is 0 Å². The highest BCUT2D eigenvalue weighted by Gasteiger charge is 2.20. The highest BCUT2D eigenvalue weighted by atomic mass is 19.1. The lowest BCUT2D eigenvalue weighted by molar-refractivity contribution is -0.387. The van der Waals surface area contributed by atoms with Gasteiger partial charge in [0, 0.05) is 11.6 Å². The molecular formula is C14H15FN4O2. The molecule has 0 unspecified atom stereocenters. The van der Waals surface area contributed by atoms with Crippen molar-refractivity contribution in [3.8, 4) is 11.3 Å². The van der Waals surface area contributed by atoms with Crippen molar-refractivity contribution in [3.63, 3.8) is 0 Å². The van der Waals surface area contributed by atoms with Crippen LogP contribution in [0.25, 0.3) is 11.3 Å². The van der Waals surface area contributed by atoms with Crippen molar-refractivity contribution in [2.75, 3.05) is 6.54 Å². The molecule has 0 radical (unpaired) electrons. The molecule has 110 valence electrons. The normalized spacial score (nSPS) is 14.3. The molecule has 21 heavy (non-hydrogen) atoms. The summed E-state index contributed by atoms with van der Waals surface area (Å²) in [5, 5.41) is 14.1. The molecule has 2 N–H and O–H groups in total. The molecule has 6 nitrogen and oxygen atoms in total. The van der Waals surface area contributed by atoms with Crippen LogP contribution in [0.1, 0.15) is 18.7 Å². The third kappa shape index (κ3) is 3.25. The number of halogens is 1. The van der Waals surface area contributed by atoms with Gasteiger partial charge < -0.3 is 10.3 Å². The van der Waals surface area contributed by atoms with Gasteiger partial charge in [-0.15, -0.1) is 0 Å². The molecule has 0 saturated heterocycles. The van der Waals surface area contributed by atoms with E-state index < -0.39 is 16.4 Å². The van der Waals surface area contributed by atoms with E-state index in [9.17, 15) is 14.5 Å². The number of nitro benzene ring substituents is 1. The van der Waals surface area contributed by atoms with Crippen LogP contribution < -0.4 is 5.32 Å². The second-order valence-electron chi connectivity index (χ2n) is 5.24. The van der Waals surface area contributed by atoms with E-state index in [0.717, 1.165) is 24.4 Å². The number of benzene rings is 1. The molecule has 1 aromatic carbocycles. The summed E-state index contributed by atoms with van der Waals surface area (Å²) in [6, 6.07) is 3.81. The SMILES string of the molecule is O=[N+]([O-])c1cc(-c2cnc(CNCC3CC3)[nH]2)ccc1F. The summed E-state index contributed by atoms with van der Waals surface area (Å²) in [4.78, 5) is 17.3. The lowest BCUT2D eigenvalue weighted by Crippen LogP contribution is -2.16. The zero-order valence-corrected chi connectivity index (χ0v) is 11.3. The third-order valence-corrected chi connectivity index (χ3v) is 3.50. The Bertz CT molecular complexity index is 667. The Morgan fingerprint density at radius 1 is 1.48 bits per heavy atom. The zero-order valence-electron chi connectivity index (χ0n) is 11.3. The lowest BCUT2D eigenvalue weighted by Gasteiger charge is -2.01. The number of hydrogen-bond acceptors (Lipinski definition) is 4. The number of hydrogen-bond donors (Lipinski definition) is 2. The quantitative estimate of drug-likeness (QED) is 0.632. The summed E-state index contributed by atoms with van der Waals surface area (Å²) < 4.78 is 13.3. The lowest BCUT2D eigenvalue weighted by atomic mass is 10.1. The van der Waals surface area contributed by atoms with Crippen LogP contribution in [0, 0.1) is 21.8 Å². The maximum absolute atomic E-state index is 13.3. The fourth-order valence-electron chi connectivity index (χ4n) is 2.14. The van der Waals surface area contributed by atoms with Crippen molar-refractivity contribution in [1.29, 1.82) is 0 Å². The molecule has 3 rings (SSSR count). The zero-order chi connectivity index (χ0) is 14.8. The number of rotatable bonds is 6. The van der Waals surface area contributed by atoms with E-state index in [4.69, 9.17) is 0 Å². The predicted molar refractivity (Wildman–Crippen MR) is 75.1 cm³/mol. The molecule has 0 spiro atoms. The van der Waals surface area contributed by atoms with Gasteiger partial charge in [0.2, 0.25) is 5.82 Å². The van der Waals surface area contributed by atoms with Crippen LogP contribution in [0.4, 0.5) is 10.1 Å². The number of H-pyrrole nitrogens is 1. The van der Waals surface area contributed by atoms with E-state index in [1.165, 1.54) is 25.0 Å². The highest BCUT2D eigenvalue weighted by Crippen LogP contribution is 2.28. The molecule has 0 bridgehead atoms. The average molecular weight is 290 g/mol. The summed E-state index contributed by atoms with van der Waals surface area (Å²) in [5.74, 6) is 0.714. The largest absolute Gasteiger partial charge is 0.341 e. The Hall–Kier alpha value is -2.28. The van der Waals surface area contributed by atoms with Crippen LogP contribution in [0.3, 0.4) is 0 Å². The summed E-state index contributed by atoms with van der Waals surface area (Å²) in [6.45, 7) is 1.61. The molecule has 1 aromatic heterocycles. The fourth-order valence-corrected chi connectivity index (χ4v) is 2.14. The third-order valence-electron chi connectivity index (χ3n) is 3.50. The van der Waals surface area contributed by atoms with Crippen LogP contribution in [-0.2, 0) is 6.54 Å². The van der Waals surface area contributed by atoms with Crippen LogP contribution >= 0.6 is 0 Å². The van der Waals surface area contributed by atoms with E-state index >= 15 is 0 Å². The maximum Gasteiger partial charge on any atom is 0.305 e. The summed E-state index contributed by atoms with van der Waals surface area (Å²) in [7, 11) is 0. The molecule has 2 aromatic rings. The van der Waals surface area contributed by atoms with E-state index in [0.29, 0.717) is 17.8 Å². The number of nitrogens with one attached hydrogen (secondary N) is 2. The molecule has 0 amide bonds. The van der Waals surface area contributed by atoms with Crippen LogP contribution in [-0.4, -0.2) is 21.4 Å². The minimum Gasteiger partial charge on any atom is -0.341 e. The predicted octanol–water partition coefficient (Wildman–Crippen LogP) is 2.62. The number of aromatic nitrogens is 2. The standard InChI is InChI=1S/C14H15FN4O2/c15-11-4-3-10(5-13(11)19(20)21)12-7-17-14(18-12)8-16-6-9-1-2-9/h3-5,7,9,16H,1-2,6,8H2,(H,17,18). The van der Waals surface area contributed by atoms with Crippen LogP contribution in [0.15, 0.2) is 24.4 Å². The minimum atomic E-state index is -0.838. The minimum absolute atomic E-state index is 0.532. The van der Waals surface area contributed by atoms with Gasteiger partial charge in [-0.2, -0.15) is 4.39 Å². The van der Waals surface area contributed by atoms with Crippen LogP contribution in [0.2, 0.25) is 0 Å². The Morgan fingerprint density at radius 3 is 3.00 bits per heavy atom. The molecule has 1 fully saturated rings. The van der Waals surface area contributed by atoms with Crippen molar-refractivity contribution in [2.45, 2.75) is 19.4 Å². The Labute approximate surface area is 120 Å². The molecule has 1 aliphatic carbocycles. The second kappa shape index (κ2) is 5.61. The van der Waals surface area contributed by atoms with Gasteiger partial charge in [0.05, 0.1) is 23.4 Å². The molecule has 0 atom stereocenters. The Kier molecular flexibility index (Phi) is 3.66. The van der Waals surface area contributed by atoms with Gasteiger partial charge in [0.25, 0.3) is 0 Å². The highest BCUT2D eigenvalue weighted by molar-refractivity contribution is 5.62. The first-order chi connectivity index (χ1) is 10.1. The van der Waals surface area contributed by atoms with Gasteiger partial charge in [-0.3, -0.25) is 10.1 Å². The smallest absolute Gasteiger partial charge is 0.305 e. The van der Waals surface area contributed by atoms with Crippen molar-refractivity contribution >= 4 is 5.69 Å². The van der Waals surface area contributed by atoms with Crippen molar-refractivity contribution in [2.24, 2.45) is 5.92 Å². The molecular weight excluding hydrogens is 275 g/mol. The fraction of sp³-hybridized carbons (Fsp3) is 0.357. The van der Waals surface area contributed by atoms with E-state index in [-0.39, 0.29) is 0 Å². The first kappa shape index (κ1) is 13.7. The van der Waals surface area contributed by atoms with E-state index in [2.05, 4.69) is 15.3 Å². The van der Waals surface area contributed by atoms with Gasteiger partial charge in [0.15, 0.2) is 0 Å². The van der Waals surface area contributed by atoms with Crippen molar-refractivity contribution in [1.82, 2.24) is 15.3 Å². The maximum atomic E-state index is 13.3. The molecule has 7 heteroatoms. The van der Waals surface area contributed by atoms with Gasteiger partial charge in [-0.05, 0) is 37.4 Å². The first-order valence-electron chi connectivity index (χ1n) is 6.82. The van der Waals surface area contributed by atoms with Gasteiger partial charge in [0.1, 0.15) is 5.82 Å². The average Bonchev–Trinajstić information content (AvgIpc) is 3.16. The number of imidazole rings is 1. The topological polar surface area (TPSA) is 83.8 Å². The molecule has 1 aliphatic rings. The second-order valence-corrected chi connectivity index (χ2v) is 5.24. The Morgan fingerprint density at radius 2 is 2.29 bits per heavy atom.